The minimum Gasteiger partial charge on any atom is -0.497 e. The number of benzene rings is 2. The molecule has 5 nitrogen and oxygen atoms in total. The van der Waals surface area contributed by atoms with Gasteiger partial charge in [-0.1, -0.05) is 35.9 Å². The Morgan fingerprint density at radius 3 is 2.58 bits per heavy atom. The number of carbonyl (C=O) groups excluding carboxylic acids is 2. The molecule has 0 fully saturated rings. The van der Waals surface area contributed by atoms with Crippen molar-refractivity contribution in [1.82, 2.24) is 10.2 Å². The second-order valence-corrected chi connectivity index (χ2v) is 6.25. The van der Waals surface area contributed by atoms with E-state index in [0.717, 1.165) is 17.7 Å². The fourth-order valence-electron chi connectivity index (χ4n) is 2.56. The minimum atomic E-state index is -0.244. The molecule has 0 saturated heterocycles. The summed E-state index contributed by atoms with van der Waals surface area (Å²) in [6, 6.07) is 14.6. The maximum absolute atomic E-state index is 12.2. The zero-order chi connectivity index (χ0) is 18.9. The van der Waals surface area contributed by atoms with Crippen molar-refractivity contribution >= 4 is 23.4 Å². The standard InChI is InChI=1S/C20H23ClN2O3/c1-15(24)23(12-10-16-6-5-7-17(14-16)26-2)13-11-22-20(25)18-8-3-4-9-19(18)21/h3-9,14H,10-13H2,1-2H3,(H,22,25). The van der Waals surface area contributed by atoms with Crippen molar-refractivity contribution in [2.45, 2.75) is 13.3 Å². The topological polar surface area (TPSA) is 58.6 Å². The summed E-state index contributed by atoms with van der Waals surface area (Å²) in [7, 11) is 1.63. The quantitative estimate of drug-likeness (QED) is 0.772. The maximum atomic E-state index is 12.2. The van der Waals surface area contributed by atoms with Crippen molar-refractivity contribution in [3.63, 3.8) is 0 Å². The molecule has 0 unspecified atom stereocenters. The highest BCUT2D eigenvalue weighted by Gasteiger charge is 2.12. The Morgan fingerprint density at radius 2 is 1.88 bits per heavy atom. The van der Waals surface area contributed by atoms with Crippen LogP contribution < -0.4 is 10.1 Å². The molecule has 0 aliphatic rings. The Bertz CT molecular complexity index is 764. The van der Waals surface area contributed by atoms with Gasteiger partial charge in [-0.25, -0.2) is 0 Å². The smallest absolute Gasteiger partial charge is 0.252 e. The summed E-state index contributed by atoms with van der Waals surface area (Å²) in [6.45, 7) is 2.91. The Hall–Kier alpha value is -2.53. The number of methoxy groups -OCH3 is 1. The third kappa shape index (κ3) is 5.77. The summed E-state index contributed by atoms with van der Waals surface area (Å²) in [5.74, 6) is 0.524. The molecule has 26 heavy (non-hydrogen) atoms. The highest BCUT2D eigenvalue weighted by atomic mass is 35.5. The lowest BCUT2D eigenvalue weighted by atomic mass is 10.1. The number of rotatable bonds is 8. The molecule has 0 aliphatic heterocycles. The molecule has 2 rings (SSSR count). The van der Waals surface area contributed by atoms with Gasteiger partial charge in [-0.2, -0.15) is 0 Å². The van der Waals surface area contributed by atoms with E-state index in [1.54, 1.807) is 36.3 Å². The molecule has 0 heterocycles. The Labute approximate surface area is 158 Å². The predicted molar refractivity (Wildman–Crippen MR) is 103 cm³/mol. The van der Waals surface area contributed by atoms with E-state index in [0.29, 0.717) is 30.2 Å². The zero-order valence-corrected chi connectivity index (χ0v) is 15.8. The first kappa shape index (κ1) is 19.8. The largest absolute Gasteiger partial charge is 0.497 e. The third-order valence-corrected chi connectivity index (χ3v) is 4.37. The van der Waals surface area contributed by atoms with Gasteiger partial charge in [-0.3, -0.25) is 9.59 Å². The van der Waals surface area contributed by atoms with Gasteiger partial charge in [-0.05, 0) is 36.2 Å². The van der Waals surface area contributed by atoms with Crippen molar-refractivity contribution in [2.75, 3.05) is 26.7 Å². The van der Waals surface area contributed by atoms with E-state index in [2.05, 4.69) is 5.32 Å². The summed E-state index contributed by atoms with van der Waals surface area (Å²) in [6.07, 6.45) is 0.717. The van der Waals surface area contributed by atoms with Crippen molar-refractivity contribution in [2.24, 2.45) is 0 Å². The van der Waals surface area contributed by atoms with E-state index < -0.39 is 0 Å². The van der Waals surface area contributed by atoms with Gasteiger partial charge in [0, 0.05) is 26.6 Å². The van der Waals surface area contributed by atoms with Gasteiger partial charge in [0.15, 0.2) is 0 Å². The molecule has 0 aliphatic carbocycles. The van der Waals surface area contributed by atoms with Crippen LogP contribution in [0.15, 0.2) is 48.5 Å². The SMILES string of the molecule is COc1cccc(CCN(CCNC(=O)c2ccccc2Cl)C(C)=O)c1. The summed E-state index contributed by atoms with van der Waals surface area (Å²) in [5.41, 5.74) is 1.52. The Kier molecular flexibility index (Phi) is 7.48. The summed E-state index contributed by atoms with van der Waals surface area (Å²) in [5, 5.41) is 3.21. The molecule has 0 radical (unpaired) electrons. The van der Waals surface area contributed by atoms with Gasteiger partial charge < -0.3 is 15.0 Å². The number of hydrogen-bond acceptors (Lipinski definition) is 3. The second-order valence-electron chi connectivity index (χ2n) is 5.84. The van der Waals surface area contributed by atoms with Crippen LogP contribution in [0.1, 0.15) is 22.8 Å². The van der Waals surface area contributed by atoms with Crippen LogP contribution in [0, 0.1) is 0 Å². The number of halogens is 1. The highest BCUT2D eigenvalue weighted by molar-refractivity contribution is 6.33. The molecule has 2 aromatic rings. The molecular weight excluding hydrogens is 352 g/mol. The van der Waals surface area contributed by atoms with Crippen LogP contribution in [0.3, 0.4) is 0 Å². The zero-order valence-electron chi connectivity index (χ0n) is 15.0. The van der Waals surface area contributed by atoms with Crippen molar-refractivity contribution < 1.29 is 14.3 Å². The number of ether oxygens (including phenoxy) is 1. The van der Waals surface area contributed by atoms with Crippen LogP contribution in [-0.4, -0.2) is 43.5 Å². The van der Waals surface area contributed by atoms with Gasteiger partial charge in [0.25, 0.3) is 5.91 Å². The summed E-state index contributed by atoms with van der Waals surface area (Å²) >= 11 is 6.02. The lowest BCUT2D eigenvalue weighted by molar-refractivity contribution is -0.128. The average Bonchev–Trinajstić information content (AvgIpc) is 2.64. The van der Waals surface area contributed by atoms with Crippen molar-refractivity contribution in [1.29, 1.82) is 0 Å². The first-order valence-electron chi connectivity index (χ1n) is 8.42. The van der Waals surface area contributed by atoms with E-state index in [-0.39, 0.29) is 11.8 Å². The first-order valence-corrected chi connectivity index (χ1v) is 8.80. The maximum Gasteiger partial charge on any atom is 0.252 e. The molecule has 1 N–H and O–H groups in total. The first-order chi connectivity index (χ1) is 12.5. The molecule has 0 bridgehead atoms. The molecular formula is C20H23ClN2O3. The number of carbonyl (C=O) groups is 2. The monoisotopic (exact) mass is 374 g/mol. The van der Waals surface area contributed by atoms with Crippen LogP contribution >= 0.6 is 11.6 Å². The van der Waals surface area contributed by atoms with Crippen LogP contribution in [0.5, 0.6) is 5.75 Å². The Balaban J connectivity index is 1.85. The molecule has 2 amide bonds. The summed E-state index contributed by atoms with van der Waals surface area (Å²) in [4.78, 5) is 25.7. The van der Waals surface area contributed by atoms with E-state index >= 15 is 0 Å². The average molecular weight is 375 g/mol. The molecule has 0 saturated carbocycles. The Morgan fingerprint density at radius 1 is 1.12 bits per heavy atom. The van der Waals surface area contributed by atoms with Gasteiger partial charge in [0.05, 0.1) is 17.7 Å². The molecule has 0 atom stereocenters. The predicted octanol–water partition coefficient (Wildman–Crippen LogP) is 3.17. The molecule has 0 spiro atoms. The normalized spacial score (nSPS) is 10.3. The molecule has 6 heteroatoms. The van der Waals surface area contributed by atoms with E-state index in [1.807, 2.05) is 24.3 Å². The van der Waals surface area contributed by atoms with Crippen LogP contribution in [0.25, 0.3) is 0 Å². The van der Waals surface area contributed by atoms with Gasteiger partial charge >= 0.3 is 0 Å². The lowest BCUT2D eigenvalue weighted by Gasteiger charge is -2.21. The lowest BCUT2D eigenvalue weighted by Crippen LogP contribution is -2.38. The fourth-order valence-corrected chi connectivity index (χ4v) is 2.79. The van der Waals surface area contributed by atoms with Crippen molar-refractivity contribution in [3.8, 4) is 5.75 Å². The van der Waals surface area contributed by atoms with Gasteiger partial charge in [0.1, 0.15) is 5.75 Å². The van der Waals surface area contributed by atoms with Crippen LogP contribution in [0.2, 0.25) is 5.02 Å². The second kappa shape index (κ2) is 9.82. The van der Waals surface area contributed by atoms with Crippen LogP contribution in [-0.2, 0) is 11.2 Å². The van der Waals surface area contributed by atoms with Crippen molar-refractivity contribution in [3.05, 3.63) is 64.7 Å². The number of nitrogens with one attached hydrogen (secondary N) is 1. The van der Waals surface area contributed by atoms with Crippen LogP contribution in [0.4, 0.5) is 0 Å². The van der Waals surface area contributed by atoms with E-state index in [9.17, 15) is 9.59 Å². The number of nitrogens with zero attached hydrogens (tertiary/aromatic N) is 1. The summed E-state index contributed by atoms with van der Waals surface area (Å²) < 4.78 is 5.21. The number of hydrogen-bond donors (Lipinski definition) is 1. The third-order valence-electron chi connectivity index (χ3n) is 4.04. The molecule has 138 valence electrons. The van der Waals surface area contributed by atoms with Gasteiger partial charge in [0.2, 0.25) is 5.91 Å². The fraction of sp³-hybridized carbons (Fsp3) is 0.300. The highest BCUT2D eigenvalue weighted by Crippen LogP contribution is 2.15. The van der Waals surface area contributed by atoms with E-state index in [4.69, 9.17) is 16.3 Å². The number of amides is 2. The molecule has 0 aromatic heterocycles. The van der Waals surface area contributed by atoms with E-state index in [1.165, 1.54) is 6.92 Å². The molecule has 2 aromatic carbocycles. The van der Waals surface area contributed by atoms with Gasteiger partial charge in [-0.15, -0.1) is 0 Å². The minimum absolute atomic E-state index is 0.0279.